The van der Waals surface area contributed by atoms with Crippen molar-refractivity contribution in [1.29, 1.82) is 0 Å². The second-order valence-electron chi connectivity index (χ2n) is 5.80. The number of carbonyl (C=O) groups excluding carboxylic acids is 1. The van der Waals surface area contributed by atoms with Gasteiger partial charge in [-0.1, -0.05) is 6.42 Å². The summed E-state index contributed by atoms with van der Waals surface area (Å²) in [5, 5.41) is 2.79. The largest absolute Gasteiger partial charge is 0.468 e. The first-order valence-corrected chi connectivity index (χ1v) is 8.10. The van der Waals surface area contributed by atoms with E-state index >= 15 is 0 Å². The molecule has 0 unspecified atom stereocenters. The van der Waals surface area contributed by atoms with E-state index in [9.17, 15) is 18.0 Å². The van der Waals surface area contributed by atoms with Crippen molar-refractivity contribution in [3.8, 4) is 5.88 Å². The third-order valence-corrected chi connectivity index (χ3v) is 3.77. The smallest absolute Gasteiger partial charge is 0.422 e. The Kier molecular flexibility index (Phi) is 6.84. The number of hydrogen-bond donors (Lipinski definition) is 1. The van der Waals surface area contributed by atoms with E-state index in [1.807, 2.05) is 0 Å². The zero-order chi connectivity index (χ0) is 17.4. The molecule has 1 aromatic rings. The van der Waals surface area contributed by atoms with E-state index < -0.39 is 12.8 Å². The quantitative estimate of drug-likeness (QED) is 0.772. The van der Waals surface area contributed by atoms with Crippen molar-refractivity contribution < 1.29 is 22.7 Å². The van der Waals surface area contributed by atoms with Crippen molar-refractivity contribution in [2.45, 2.75) is 31.9 Å². The van der Waals surface area contributed by atoms with Gasteiger partial charge in [0, 0.05) is 18.8 Å². The Morgan fingerprint density at radius 2 is 2.00 bits per heavy atom. The highest BCUT2D eigenvalue weighted by molar-refractivity contribution is 5.93. The summed E-state index contributed by atoms with van der Waals surface area (Å²) in [5.41, 5.74) is 0.298. The number of rotatable bonds is 7. The van der Waals surface area contributed by atoms with Crippen LogP contribution in [0.4, 0.5) is 13.2 Å². The summed E-state index contributed by atoms with van der Waals surface area (Å²) in [5.74, 6) is -0.447. The third-order valence-electron chi connectivity index (χ3n) is 3.77. The number of carbonyl (C=O) groups is 1. The van der Waals surface area contributed by atoms with E-state index in [0.717, 1.165) is 26.1 Å². The van der Waals surface area contributed by atoms with Crippen LogP contribution in [-0.2, 0) is 0 Å². The minimum absolute atomic E-state index is 0.158. The van der Waals surface area contributed by atoms with Gasteiger partial charge in [-0.25, -0.2) is 4.98 Å². The Morgan fingerprint density at radius 1 is 1.25 bits per heavy atom. The number of amides is 1. The van der Waals surface area contributed by atoms with Crippen molar-refractivity contribution in [1.82, 2.24) is 15.2 Å². The second kappa shape index (κ2) is 8.86. The first kappa shape index (κ1) is 18.5. The van der Waals surface area contributed by atoms with Crippen LogP contribution < -0.4 is 10.1 Å². The van der Waals surface area contributed by atoms with Crippen LogP contribution in [0.25, 0.3) is 0 Å². The molecule has 2 rings (SSSR count). The lowest BCUT2D eigenvalue weighted by Gasteiger charge is -2.26. The normalized spacial score (nSPS) is 16.0. The fourth-order valence-corrected chi connectivity index (χ4v) is 2.55. The lowest BCUT2D eigenvalue weighted by atomic mass is 10.1. The topological polar surface area (TPSA) is 54.5 Å². The van der Waals surface area contributed by atoms with E-state index in [1.165, 1.54) is 37.6 Å². The standard InChI is InChI=1S/C16H22F3N3O2/c17-16(18,19)12-24-14-6-5-13(11-21-14)15(23)20-7-4-10-22-8-2-1-3-9-22/h5-6,11H,1-4,7-10,12H2,(H,20,23). The number of likely N-dealkylation sites (tertiary alicyclic amines) is 1. The van der Waals surface area contributed by atoms with Crippen molar-refractivity contribution in [2.24, 2.45) is 0 Å². The van der Waals surface area contributed by atoms with Crippen LogP contribution in [0.3, 0.4) is 0 Å². The molecule has 0 radical (unpaired) electrons. The second-order valence-corrected chi connectivity index (χ2v) is 5.80. The molecule has 1 aliphatic heterocycles. The van der Waals surface area contributed by atoms with E-state index in [1.54, 1.807) is 0 Å². The average molecular weight is 345 g/mol. The number of hydrogen-bond acceptors (Lipinski definition) is 4. The Hall–Kier alpha value is -1.83. The van der Waals surface area contributed by atoms with Crippen LogP contribution in [-0.4, -0.2) is 54.8 Å². The number of aromatic nitrogens is 1. The molecule has 1 N–H and O–H groups in total. The van der Waals surface area contributed by atoms with Gasteiger partial charge >= 0.3 is 6.18 Å². The Balaban J connectivity index is 1.68. The lowest BCUT2D eigenvalue weighted by Crippen LogP contribution is -2.33. The fraction of sp³-hybridized carbons (Fsp3) is 0.625. The van der Waals surface area contributed by atoms with Gasteiger partial charge in [-0.2, -0.15) is 13.2 Å². The number of nitrogens with zero attached hydrogens (tertiary/aromatic N) is 2. The average Bonchev–Trinajstić information content (AvgIpc) is 2.57. The molecule has 134 valence electrons. The predicted molar refractivity (Wildman–Crippen MR) is 83.0 cm³/mol. The van der Waals surface area contributed by atoms with Gasteiger partial charge in [0.15, 0.2) is 6.61 Å². The van der Waals surface area contributed by atoms with Crippen LogP contribution in [0.2, 0.25) is 0 Å². The van der Waals surface area contributed by atoms with Gasteiger partial charge < -0.3 is 15.0 Å². The van der Waals surface area contributed by atoms with Crippen molar-refractivity contribution >= 4 is 5.91 Å². The molecule has 1 amide bonds. The molecule has 0 spiro atoms. The minimum Gasteiger partial charge on any atom is -0.468 e. The number of ether oxygens (including phenoxy) is 1. The Morgan fingerprint density at radius 3 is 2.62 bits per heavy atom. The summed E-state index contributed by atoms with van der Waals surface area (Å²) >= 11 is 0. The summed E-state index contributed by atoms with van der Waals surface area (Å²) in [6, 6.07) is 2.66. The van der Waals surface area contributed by atoms with Gasteiger partial charge in [0.25, 0.3) is 5.91 Å². The Bertz CT molecular complexity index is 514. The highest BCUT2D eigenvalue weighted by Crippen LogP contribution is 2.17. The van der Waals surface area contributed by atoms with Crippen LogP contribution >= 0.6 is 0 Å². The molecule has 1 fully saturated rings. The molecular formula is C16H22F3N3O2. The fourth-order valence-electron chi connectivity index (χ4n) is 2.55. The number of nitrogens with one attached hydrogen (secondary N) is 1. The molecular weight excluding hydrogens is 323 g/mol. The van der Waals surface area contributed by atoms with Crippen LogP contribution in [0, 0.1) is 0 Å². The molecule has 1 aromatic heterocycles. The summed E-state index contributed by atoms with van der Waals surface area (Å²) in [6.07, 6.45) is 1.44. The maximum absolute atomic E-state index is 12.0. The molecule has 1 aliphatic rings. The van der Waals surface area contributed by atoms with Crippen molar-refractivity contribution in [3.05, 3.63) is 23.9 Å². The van der Waals surface area contributed by atoms with Crippen molar-refractivity contribution in [2.75, 3.05) is 32.8 Å². The number of halogens is 3. The maximum atomic E-state index is 12.0. The summed E-state index contributed by atoms with van der Waals surface area (Å²) in [6.45, 7) is 2.36. The molecule has 1 saturated heterocycles. The number of pyridine rings is 1. The number of piperidine rings is 1. The molecule has 0 aliphatic carbocycles. The van der Waals surface area contributed by atoms with E-state index in [-0.39, 0.29) is 11.8 Å². The van der Waals surface area contributed by atoms with Gasteiger partial charge in [-0.3, -0.25) is 4.79 Å². The lowest BCUT2D eigenvalue weighted by molar-refractivity contribution is -0.154. The van der Waals surface area contributed by atoms with Gasteiger partial charge in [-0.05, 0) is 45.0 Å². The minimum atomic E-state index is -4.41. The molecule has 0 aromatic carbocycles. The maximum Gasteiger partial charge on any atom is 0.422 e. The van der Waals surface area contributed by atoms with E-state index in [2.05, 4.69) is 19.9 Å². The summed E-state index contributed by atoms with van der Waals surface area (Å²) in [4.78, 5) is 18.0. The van der Waals surface area contributed by atoms with E-state index in [4.69, 9.17) is 0 Å². The zero-order valence-electron chi connectivity index (χ0n) is 13.4. The summed E-state index contributed by atoms with van der Waals surface area (Å²) in [7, 11) is 0. The highest BCUT2D eigenvalue weighted by Gasteiger charge is 2.28. The van der Waals surface area contributed by atoms with Gasteiger partial charge in [0.05, 0.1) is 5.56 Å². The van der Waals surface area contributed by atoms with E-state index in [0.29, 0.717) is 12.1 Å². The molecule has 0 bridgehead atoms. The first-order chi connectivity index (χ1) is 11.4. The predicted octanol–water partition coefficient (Wildman–Crippen LogP) is 2.63. The molecule has 0 saturated carbocycles. The molecule has 2 heterocycles. The van der Waals surface area contributed by atoms with Crippen LogP contribution in [0.1, 0.15) is 36.0 Å². The third kappa shape index (κ3) is 6.74. The highest BCUT2D eigenvalue weighted by atomic mass is 19.4. The van der Waals surface area contributed by atoms with Gasteiger partial charge in [-0.15, -0.1) is 0 Å². The monoisotopic (exact) mass is 345 g/mol. The zero-order valence-corrected chi connectivity index (χ0v) is 13.4. The molecule has 8 heteroatoms. The van der Waals surface area contributed by atoms with Crippen LogP contribution in [0.5, 0.6) is 5.88 Å². The first-order valence-electron chi connectivity index (χ1n) is 8.10. The Labute approximate surface area is 139 Å². The van der Waals surface area contributed by atoms with Crippen molar-refractivity contribution in [3.63, 3.8) is 0 Å². The van der Waals surface area contributed by atoms with Gasteiger partial charge in [0.2, 0.25) is 5.88 Å². The van der Waals surface area contributed by atoms with Crippen LogP contribution in [0.15, 0.2) is 18.3 Å². The molecule has 24 heavy (non-hydrogen) atoms. The summed E-state index contributed by atoms with van der Waals surface area (Å²) < 4.78 is 40.6. The number of alkyl halides is 3. The van der Waals surface area contributed by atoms with Gasteiger partial charge in [0.1, 0.15) is 0 Å². The molecule has 5 nitrogen and oxygen atoms in total. The molecule has 0 atom stereocenters. The SMILES string of the molecule is O=C(NCCCN1CCCCC1)c1ccc(OCC(F)(F)F)nc1.